The van der Waals surface area contributed by atoms with Gasteiger partial charge in [-0.05, 0) is 32.1 Å². The molecule has 0 aliphatic carbocycles. The van der Waals surface area contributed by atoms with Gasteiger partial charge in [-0.1, -0.05) is 65.2 Å². The second-order valence-electron chi connectivity index (χ2n) is 6.29. The summed E-state index contributed by atoms with van der Waals surface area (Å²) in [6.07, 6.45) is 13.5. The Morgan fingerprint density at radius 2 is 1.36 bits per heavy atom. The molecule has 4 nitrogen and oxygen atoms in total. The third-order valence-corrected chi connectivity index (χ3v) is 4.06. The first kappa shape index (κ1) is 21.8. The van der Waals surface area contributed by atoms with Gasteiger partial charge < -0.3 is 10.2 Å². The fraction of sp³-hybridized carbons (Fsp3) is 1.00. The maximum Gasteiger partial charge on any atom is 0.174 e. The van der Waals surface area contributed by atoms with Crippen LogP contribution in [-0.4, -0.2) is 29.2 Å². The molecule has 0 bridgehead atoms. The second kappa shape index (κ2) is 17.2. The zero-order valence-electron chi connectivity index (χ0n) is 14.9. The Morgan fingerprint density at radius 1 is 0.773 bits per heavy atom. The van der Waals surface area contributed by atoms with Crippen LogP contribution in [0.4, 0.5) is 0 Å². The molecule has 134 valence electrons. The highest BCUT2D eigenvalue weighted by atomic mass is 16.7. The molecule has 0 amide bonds. The van der Waals surface area contributed by atoms with Gasteiger partial charge in [0.25, 0.3) is 0 Å². The van der Waals surface area contributed by atoms with E-state index in [0.717, 1.165) is 45.1 Å². The van der Waals surface area contributed by atoms with Gasteiger partial charge in [-0.3, -0.25) is 4.84 Å². The van der Waals surface area contributed by atoms with Gasteiger partial charge in [0.1, 0.15) is 0 Å². The number of nitrogens with one attached hydrogen (secondary N) is 1. The monoisotopic (exact) mass is 317 g/mol. The van der Waals surface area contributed by atoms with Crippen molar-refractivity contribution in [2.24, 2.45) is 0 Å². The van der Waals surface area contributed by atoms with Gasteiger partial charge in [-0.25, -0.2) is 0 Å². The van der Waals surface area contributed by atoms with Gasteiger partial charge in [0.05, 0.1) is 6.10 Å². The number of hydrogen-bond donors (Lipinski definition) is 3. The third-order valence-electron chi connectivity index (χ3n) is 4.06. The quantitative estimate of drug-likeness (QED) is 0.213. The fourth-order valence-electron chi connectivity index (χ4n) is 2.45. The van der Waals surface area contributed by atoms with Crippen LogP contribution in [0.15, 0.2) is 0 Å². The Kier molecular flexibility index (Phi) is 17.1. The van der Waals surface area contributed by atoms with Crippen molar-refractivity contribution in [3.63, 3.8) is 0 Å². The van der Waals surface area contributed by atoms with Crippen LogP contribution in [0.25, 0.3) is 0 Å². The predicted octanol–water partition coefficient (Wildman–Crippen LogP) is 4.30. The Balaban J connectivity index is 3.16. The molecule has 0 aromatic carbocycles. The summed E-state index contributed by atoms with van der Waals surface area (Å²) in [6.45, 7) is 5.04. The minimum absolute atomic E-state index is 0.109. The minimum atomic E-state index is -0.675. The van der Waals surface area contributed by atoms with Crippen molar-refractivity contribution in [2.75, 3.05) is 6.54 Å². The molecule has 3 N–H and O–H groups in total. The van der Waals surface area contributed by atoms with E-state index in [1.54, 1.807) is 0 Å². The molecule has 4 heteroatoms. The van der Waals surface area contributed by atoms with Crippen LogP contribution >= 0.6 is 0 Å². The van der Waals surface area contributed by atoms with Gasteiger partial charge in [-0.2, -0.15) is 5.48 Å². The van der Waals surface area contributed by atoms with Crippen molar-refractivity contribution in [3.05, 3.63) is 0 Å². The van der Waals surface area contributed by atoms with E-state index >= 15 is 0 Å². The number of rotatable bonds is 17. The summed E-state index contributed by atoms with van der Waals surface area (Å²) < 4.78 is 0. The molecule has 0 aromatic rings. The second-order valence-corrected chi connectivity index (χ2v) is 6.29. The van der Waals surface area contributed by atoms with Crippen molar-refractivity contribution in [3.8, 4) is 0 Å². The van der Waals surface area contributed by atoms with Crippen LogP contribution < -0.4 is 5.48 Å². The van der Waals surface area contributed by atoms with Crippen LogP contribution in [0, 0.1) is 0 Å². The van der Waals surface area contributed by atoms with Crippen LogP contribution in [-0.2, 0) is 4.84 Å². The Hall–Kier alpha value is -0.160. The maximum atomic E-state index is 9.67. The van der Waals surface area contributed by atoms with Gasteiger partial charge in [0.15, 0.2) is 6.29 Å². The van der Waals surface area contributed by atoms with Crippen molar-refractivity contribution in [2.45, 2.75) is 110 Å². The molecule has 0 aromatic heterocycles. The molecule has 0 fully saturated rings. The highest BCUT2D eigenvalue weighted by molar-refractivity contribution is 4.53. The van der Waals surface area contributed by atoms with Crippen molar-refractivity contribution < 1.29 is 15.1 Å². The molecule has 2 unspecified atom stereocenters. The zero-order chi connectivity index (χ0) is 16.5. The van der Waals surface area contributed by atoms with E-state index in [1.807, 2.05) is 6.92 Å². The van der Waals surface area contributed by atoms with E-state index in [-0.39, 0.29) is 6.10 Å². The lowest BCUT2D eigenvalue weighted by atomic mass is 10.1. The average molecular weight is 318 g/mol. The van der Waals surface area contributed by atoms with Gasteiger partial charge >= 0.3 is 0 Å². The largest absolute Gasteiger partial charge is 0.393 e. The standard InChI is InChI=1S/C18H39NO3/c1-3-5-6-13-16-19-22-18(21)15-12-10-8-7-9-11-14-17(20)4-2/h17-21H,3-16H2,1-2H3. The lowest BCUT2D eigenvalue weighted by Gasteiger charge is -2.12. The molecule has 2 atom stereocenters. The normalized spacial score (nSPS) is 14.2. The van der Waals surface area contributed by atoms with Crippen LogP contribution in [0.3, 0.4) is 0 Å². The highest BCUT2D eigenvalue weighted by Gasteiger charge is 2.04. The zero-order valence-corrected chi connectivity index (χ0v) is 14.9. The number of unbranched alkanes of at least 4 members (excludes halogenated alkanes) is 8. The molecule has 0 aliphatic heterocycles. The first-order valence-corrected chi connectivity index (χ1v) is 9.45. The predicted molar refractivity (Wildman–Crippen MR) is 92.5 cm³/mol. The molecule has 0 heterocycles. The third kappa shape index (κ3) is 16.2. The van der Waals surface area contributed by atoms with E-state index in [9.17, 15) is 10.2 Å². The summed E-state index contributed by atoms with van der Waals surface area (Å²) in [7, 11) is 0. The molecule has 0 radical (unpaired) electrons. The summed E-state index contributed by atoms with van der Waals surface area (Å²) in [5, 5.41) is 19.1. The summed E-state index contributed by atoms with van der Waals surface area (Å²) in [4.78, 5) is 5.18. The van der Waals surface area contributed by atoms with E-state index in [1.165, 1.54) is 38.5 Å². The number of aliphatic hydroxyl groups excluding tert-OH is 2. The minimum Gasteiger partial charge on any atom is -0.393 e. The summed E-state index contributed by atoms with van der Waals surface area (Å²) in [5.74, 6) is 0. The summed E-state index contributed by atoms with van der Waals surface area (Å²) in [6, 6.07) is 0. The molecular formula is C18H39NO3. The molecule has 0 saturated heterocycles. The van der Waals surface area contributed by atoms with Crippen molar-refractivity contribution >= 4 is 0 Å². The number of hydroxylamine groups is 1. The number of aliphatic hydroxyl groups is 2. The first-order valence-electron chi connectivity index (χ1n) is 9.45. The summed E-state index contributed by atoms with van der Waals surface area (Å²) in [5.41, 5.74) is 2.86. The van der Waals surface area contributed by atoms with Crippen LogP contribution in [0.1, 0.15) is 97.3 Å². The molecule has 0 rings (SSSR count). The van der Waals surface area contributed by atoms with Crippen LogP contribution in [0.5, 0.6) is 0 Å². The Bertz CT molecular complexity index is 215. The molecular weight excluding hydrogens is 278 g/mol. The van der Waals surface area contributed by atoms with Gasteiger partial charge in [0.2, 0.25) is 0 Å². The van der Waals surface area contributed by atoms with Crippen molar-refractivity contribution in [1.82, 2.24) is 5.48 Å². The van der Waals surface area contributed by atoms with Crippen molar-refractivity contribution in [1.29, 1.82) is 0 Å². The Morgan fingerprint density at radius 3 is 2.00 bits per heavy atom. The topological polar surface area (TPSA) is 61.7 Å². The van der Waals surface area contributed by atoms with E-state index < -0.39 is 6.29 Å². The fourth-order valence-corrected chi connectivity index (χ4v) is 2.45. The number of hydrogen-bond acceptors (Lipinski definition) is 4. The van der Waals surface area contributed by atoms with Gasteiger partial charge in [-0.15, -0.1) is 0 Å². The lowest BCUT2D eigenvalue weighted by molar-refractivity contribution is -0.150. The maximum absolute atomic E-state index is 9.67. The van der Waals surface area contributed by atoms with Gasteiger partial charge in [0, 0.05) is 6.54 Å². The van der Waals surface area contributed by atoms with E-state index in [4.69, 9.17) is 4.84 Å². The highest BCUT2D eigenvalue weighted by Crippen LogP contribution is 2.11. The summed E-state index contributed by atoms with van der Waals surface area (Å²) >= 11 is 0. The first-order chi connectivity index (χ1) is 10.7. The lowest BCUT2D eigenvalue weighted by Crippen LogP contribution is -2.24. The van der Waals surface area contributed by atoms with E-state index in [2.05, 4.69) is 12.4 Å². The average Bonchev–Trinajstić information content (AvgIpc) is 2.52. The van der Waals surface area contributed by atoms with Crippen LogP contribution in [0.2, 0.25) is 0 Å². The molecule has 0 spiro atoms. The SMILES string of the molecule is CCCCCCNOC(O)CCCCCCCCC(O)CC. The molecule has 22 heavy (non-hydrogen) atoms. The molecule has 0 aliphatic rings. The smallest absolute Gasteiger partial charge is 0.174 e. The Labute approximate surface area is 137 Å². The van der Waals surface area contributed by atoms with E-state index in [0.29, 0.717) is 6.42 Å². The molecule has 0 saturated carbocycles.